The maximum Gasteiger partial charge on any atom is 0.336 e. The predicted octanol–water partition coefficient (Wildman–Crippen LogP) is 3.46. The summed E-state index contributed by atoms with van der Waals surface area (Å²) in [5.41, 5.74) is 2.83. The van der Waals surface area contributed by atoms with E-state index in [9.17, 15) is 9.90 Å². The third-order valence-electron chi connectivity index (χ3n) is 2.89. The van der Waals surface area contributed by atoms with E-state index in [1.54, 1.807) is 25.3 Å². The number of methoxy groups -OCH3 is 1. The van der Waals surface area contributed by atoms with E-state index in [1.165, 1.54) is 0 Å². The van der Waals surface area contributed by atoms with Crippen LogP contribution in [0.25, 0.3) is 11.6 Å². The standard InChI is InChI=1S/C17H16O3/c1-20-12-14-7-5-6-13(10-14)11-16(17(18)19)15-8-3-2-4-9-15/h2-11H,12H2,1H3,(H,18,19). The molecule has 0 heterocycles. The van der Waals surface area contributed by atoms with Gasteiger partial charge in [-0.1, -0.05) is 48.5 Å². The summed E-state index contributed by atoms with van der Waals surface area (Å²) in [7, 11) is 1.63. The van der Waals surface area contributed by atoms with Crippen LogP contribution in [0.15, 0.2) is 54.6 Å². The molecule has 0 amide bonds. The Morgan fingerprint density at radius 1 is 1.15 bits per heavy atom. The van der Waals surface area contributed by atoms with Crippen molar-refractivity contribution in [3.05, 3.63) is 71.3 Å². The van der Waals surface area contributed by atoms with Crippen molar-refractivity contribution in [2.75, 3.05) is 7.11 Å². The summed E-state index contributed by atoms with van der Waals surface area (Å²) in [5.74, 6) is -0.937. The second-order valence-corrected chi connectivity index (χ2v) is 4.41. The zero-order chi connectivity index (χ0) is 14.4. The van der Waals surface area contributed by atoms with Crippen molar-refractivity contribution in [1.82, 2.24) is 0 Å². The maximum absolute atomic E-state index is 11.4. The fraction of sp³-hybridized carbons (Fsp3) is 0.118. The second-order valence-electron chi connectivity index (χ2n) is 4.41. The van der Waals surface area contributed by atoms with Gasteiger partial charge in [-0.3, -0.25) is 0 Å². The molecule has 102 valence electrons. The van der Waals surface area contributed by atoms with E-state index in [2.05, 4.69) is 0 Å². The number of carboxylic acids is 1. The molecule has 0 bridgehead atoms. The van der Waals surface area contributed by atoms with Gasteiger partial charge in [0.15, 0.2) is 0 Å². The molecule has 2 aromatic rings. The molecule has 0 fully saturated rings. The average molecular weight is 268 g/mol. The molecule has 3 heteroatoms. The summed E-state index contributed by atoms with van der Waals surface area (Å²) in [6.07, 6.45) is 1.68. The van der Waals surface area contributed by atoms with Crippen LogP contribution in [0.5, 0.6) is 0 Å². The lowest BCUT2D eigenvalue weighted by molar-refractivity contribution is -0.130. The molecule has 3 nitrogen and oxygen atoms in total. The SMILES string of the molecule is COCc1cccc(C=C(C(=O)O)c2ccccc2)c1. The zero-order valence-corrected chi connectivity index (χ0v) is 11.2. The molecule has 0 aliphatic rings. The summed E-state index contributed by atoms with van der Waals surface area (Å²) >= 11 is 0. The first-order chi connectivity index (χ1) is 9.70. The van der Waals surface area contributed by atoms with Crippen molar-refractivity contribution in [2.24, 2.45) is 0 Å². The highest BCUT2D eigenvalue weighted by molar-refractivity contribution is 6.20. The Bertz CT molecular complexity index is 615. The van der Waals surface area contributed by atoms with E-state index in [1.807, 2.05) is 42.5 Å². The molecule has 0 atom stereocenters. The molecule has 0 spiro atoms. The first kappa shape index (κ1) is 14.0. The first-order valence-electron chi connectivity index (χ1n) is 6.29. The molecule has 0 saturated heterocycles. The molecule has 2 aromatic carbocycles. The van der Waals surface area contributed by atoms with Crippen molar-refractivity contribution < 1.29 is 14.6 Å². The quantitative estimate of drug-likeness (QED) is 0.667. The monoisotopic (exact) mass is 268 g/mol. The molecule has 0 aliphatic heterocycles. The molecule has 0 saturated carbocycles. The Balaban J connectivity index is 2.39. The van der Waals surface area contributed by atoms with Gasteiger partial charge in [-0.15, -0.1) is 0 Å². The molecular formula is C17H16O3. The highest BCUT2D eigenvalue weighted by Crippen LogP contribution is 2.19. The van der Waals surface area contributed by atoms with Gasteiger partial charge in [-0.25, -0.2) is 4.79 Å². The lowest BCUT2D eigenvalue weighted by Gasteiger charge is -2.05. The summed E-state index contributed by atoms with van der Waals surface area (Å²) < 4.78 is 5.08. The minimum absolute atomic E-state index is 0.278. The van der Waals surface area contributed by atoms with Crippen LogP contribution in [0.1, 0.15) is 16.7 Å². The van der Waals surface area contributed by atoms with Crippen molar-refractivity contribution in [2.45, 2.75) is 6.61 Å². The molecule has 0 radical (unpaired) electrons. The second kappa shape index (κ2) is 6.68. The number of carboxylic acid groups (broad SMARTS) is 1. The largest absolute Gasteiger partial charge is 0.478 e. The average Bonchev–Trinajstić information content (AvgIpc) is 2.46. The third-order valence-corrected chi connectivity index (χ3v) is 2.89. The third kappa shape index (κ3) is 3.56. The van der Waals surface area contributed by atoms with Crippen LogP contribution in [0.3, 0.4) is 0 Å². The number of benzene rings is 2. The minimum atomic E-state index is -0.937. The summed E-state index contributed by atoms with van der Waals surface area (Å²) in [6.45, 7) is 0.509. The van der Waals surface area contributed by atoms with E-state index >= 15 is 0 Å². The van der Waals surface area contributed by atoms with Crippen molar-refractivity contribution in [3.8, 4) is 0 Å². The highest BCUT2D eigenvalue weighted by Gasteiger charge is 2.09. The van der Waals surface area contributed by atoms with E-state index in [0.717, 1.165) is 11.1 Å². The number of hydrogen-bond acceptors (Lipinski definition) is 2. The molecule has 0 unspecified atom stereocenters. The molecule has 0 aromatic heterocycles. The summed E-state index contributed by atoms with van der Waals surface area (Å²) in [5, 5.41) is 9.37. The molecule has 2 rings (SSSR count). The highest BCUT2D eigenvalue weighted by atomic mass is 16.5. The van der Waals surface area contributed by atoms with Crippen molar-refractivity contribution >= 4 is 17.6 Å². The van der Waals surface area contributed by atoms with Gasteiger partial charge in [0.1, 0.15) is 0 Å². The fourth-order valence-corrected chi connectivity index (χ4v) is 1.99. The van der Waals surface area contributed by atoms with Gasteiger partial charge in [0.25, 0.3) is 0 Å². The Morgan fingerprint density at radius 2 is 1.90 bits per heavy atom. The molecule has 20 heavy (non-hydrogen) atoms. The predicted molar refractivity (Wildman–Crippen MR) is 79.1 cm³/mol. The molecule has 1 N–H and O–H groups in total. The fourth-order valence-electron chi connectivity index (χ4n) is 1.99. The van der Waals surface area contributed by atoms with Crippen molar-refractivity contribution in [3.63, 3.8) is 0 Å². The van der Waals surface area contributed by atoms with Gasteiger partial charge in [-0.05, 0) is 28.8 Å². The lowest BCUT2D eigenvalue weighted by atomic mass is 10.0. The Hall–Kier alpha value is -2.39. The van der Waals surface area contributed by atoms with Gasteiger partial charge < -0.3 is 9.84 Å². The van der Waals surface area contributed by atoms with Gasteiger partial charge in [-0.2, -0.15) is 0 Å². The Morgan fingerprint density at radius 3 is 2.55 bits per heavy atom. The maximum atomic E-state index is 11.4. The lowest BCUT2D eigenvalue weighted by Crippen LogP contribution is -1.99. The van der Waals surface area contributed by atoms with Gasteiger partial charge in [0.05, 0.1) is 12.2 Å². The molecular weight excluding hydrogens is 252 g/mol. The van der Waals surface area contributed by atoms with Gasteiger partial charge in [0, 0.05) is 7.11 Å². The zero-order valence-electron chi connectivity index (χ0n) is 11.2. The van der Waals surface area contributed by atoms with Gasteiger partial charge in [0.2, 0.25) is 0 Å². The number of carbonyl (C=O) groups is 1. The van der Waals surface area contributed by atoms with Crippen LogP contribution < -0.4 is 0 Å². The van der Waals surface area contributed by atoms with Crippen LogP contribution in [0, 0.1) is 0 Å². The minimum Gasteiger partial charge on any atom is -0.478 e. The number of aliphatic carboxylic acids is 1. The Kier molecular flexibility index (Phi) is 4.69. The van der Waals surface area contributed by atoms with Crippen LogP contribution in [0.2, 0.25) is 0 Å². The summed E-state index contributed by atoms with van der Waals surface area (Å²) in [4.78, 5) is 11.4. The van der Waals surface area contributed by atoms with Crippen LogP contribution in [-0.2, 0) is 16.1 Å². The van der Waals surface area contributed by atoms with E-state index in [-0.39, 0.29) is 5.57 Å². The van der Waals surface area contributed by atoms with Crippen LogP contribution in [-0.4, -0.2) is 18.2 Å². The smallest absolute Gasteiger partial charge is 0.336 e. The number of ether oxygens (including phenoxy) is 1. The first-order valence-corrected chi connectivity index (χ1v) is 6.29. The summed E-state index contributed by atoms with van der Waals surface area (Å²) in [6, 6.07) is 16.7. The number of hydrogen-bond donors (Lipinski definition) is 1. The molecule has 0 aliphatic carbocycles. The van der Waals surface area contributed by atoms with Crippen molar-refractivity contribution in [1.29, 1.82) is 0 Å². The Labute approximate surface area is 118 Å². The normalized spacial score (nSPS) is 11.3. The van der Waals surface area contributed by atoms with Crippen LogP contribution in [0.4, 0.5) is 0 Å². The van der Waals surface area contributed by atoms with E-state index in [4.69, 9.17) is 4.74 Å². The van der Waals surface area contributed by atoms with Gasteiger partial charge >= 0.3 is 5.97 Å². The van der Waals surface area contributed by atoms with Crippen LogP contribution >= 0.6 is 0 Å². The topological polar surface area (TPSA) is 46.5 Å². The number of rotatable bonds is 5. The van der Waals surface area contributed by atoms with E-state index in [0.29, 0.717) is 12.2 Å². The van der Waals surface area contributed by atoms with E-state index < -0.39 is 5.97 Å².